The fraction of sp³-hybridized carbons (Fsp3) is 0.500. The number of fused-ring (bicyclic) bond motifs is 1. The molecule has 2 aromatic heterocycles. The molecule has 2 atom stereocenters. The first-order chi connectivity index (χ1) is 8.31. The van der Waals surface area contributed by atoms with Crippen LogP contribution in [0.1, 0.15) is 25.3 Å². The van der Waals surface area contributed by atoms with Crippen LogP contribution in [0.4, 0.5) is 5.82 Å². The van der Waals surface area contributed by atoms with Crippen molar-refractivity contribution in [2.24, 2.45) is 5.84 Å². The Morgan fingerprint density at radius 2 is 2.24 bits per heavy atom. The minimum atomic E-state index is -0.323. The molecule has 0 amide bonds. The third-order valence-corrected chi connectivity index (χ3v) is 3.30. The zero-order valence-electron chi connectivity index (χ0n) is 9.24. The van der Waals surface area contributed by atoms with E-state index in [-0.39, 0.29) is 12.1 Å². The Bertz CT molecular complexity index is 539. The maximum Gasteiger partial charge on any atom is 0.171 e. The highest BCUT2D eigenvalue weighted by molar-refractivity contribution is 5.82. The van der Waals surface area contributed by atoms with E-state index in [0.29, 0.717) is 17.0 Å². The number of aliphatic hydroxyl groups excluding tert-OH is 1. The highest BCUT2D eigenvalue weighted by Crippen LogP contribution is 2.32. The van der Waals surface area contributed by atoms with Gasteiger partial charge in [0.1, 0.15) is 6.33 Å². The molecule has 0 aromatic carbocycles. The van der Waals surface area contributed by atoms with Gasteiger partial charge in [-0.15, -0.1) is 0 Å². The molecule has 3 rings (SSSR count). The molecule has 0 radical (unpaired) electrons. The minimum Gasteiger partial charge on any atom is -0.391 e. The number of anilines is 1. The zero-order chi connectivity index (χ0) is 11.8. The molecule has 2 heterocycles. The molecule has 2 aromatic rings. The largest absolute Gasteiger partial charge is 0.391 e. The number of nitrogen functional groups attached to an aromatic ring is 1. The predicted molar refractivity (Wildman–Crippen MR) is 62.0 cm³/mol. The fourth-order valence-corrected chi connectivity index (χ4v) is 2.45. The number of hydrogen-bond donors (Lipinski definition) is 3. The van der Waals surface area contributed by atoms with Crippen molar-refractivity contribution in [3.05, 3.63) is 12.7 Å². The summed E-state index contributed by atoms with van der Waals surface area (Å²) in [5.74, 6) is 5.87. The lowest BCUT2D eigenvalue weighted by atomic mass is 10.2. The smallest absolute Gasteiger partial charge is 0.171 e. The van der Waals surface area contributed by atoms with Crippen LogP contribution in [-0.2, 0) is 0 Å². The quantitative estimate of drug-likeness (QED) is 0.506. The van der Waals surface area contributed by atoms with Gasteiger partial charge in [0, 0.05) is 0 Å². The summed E-state index contributed by atoms with van der Waals surface area (Å²) in [6.45, 7) is 0. The molecule has 0 saturated heterocycles. The van der Waals surface area contributed by atoms with Gasteiger partial charge in [-0.1, -0.05) is 0 Å². The van der Waals surface area contributed by atoms with E-state index in [1.54, 1.807) is 6.33 Å². The van der Waals surface area contributed by atoms with Gasteiger partial charge in [-0.2, -0.15) is 0 Å². The summed E-state index contributed by atoms with van der Waals surface area (Å²) < 4.78 is 1.91. The van der Waals surface area contributed by atoms with E-state index in [1.165, 1.54) is 6.33 Å². The van der Waals surface area contributed by atoms with Crippen molar-refractivity contribution in [1.82, 2.24) is 19.5 Å². The van der Waals surface area contributed by atoms with E-state index in [2.05, 4.69) is 20.4 Å². The van der Waals surface area contributed by atoms with Gasteiger partial charge < -0.3 is 15.1 Å². The van der Waals surface area contributed by atoms with Crippen molar-refractivity contribution >= 4 is 17.0 Å². The fourth-order valence-electron chi connectivity index (χ4n) is 2.45. The first-order valence-corrected chi connectivity index (χ1v) is 5.63. The summed E-state index contributed by atoms with van der Waals surface area (Å²) in [7, 11) is 0. The third kappa shape index (κ3) is 1.55. The number of hydrazine groups is 1. The SMILES string of the molecule is NNc1ncnc2c1ncn2[C@H]1CCC[C@@H]1O. The summed E-state index contributed by atoms with van der Waals surface area (Å²) >= 11 is 0. The van der Waals surface area contributed by atoms with Gasteiger partial charge in [-0.05, 0) is 19.3 Å². The van der Waals surface area contributed by atoms with Crippen LogP contribution in [0.25, 0.3) is 11.2 Å². The summed E-state index contributed by atoms with van der Waals surface area (Å²) in [6.07, 6.45) is 5.62. The van der Waals surface area contributed by atoms with Crippen LogP contribution in [0.2, 0.25) is 0 Å². The second-order valence-corrected chi connectivity index (χ2v) is 4.26. The Balaban J connectivity index is 2.12. The first kappa shape index (κ1) is 10.4. The van der Waals surface area contributed by atoms with Crippen LogP contribution in [0, 0.1) is 0 Å². The van der Waals surface area contributed by atoms with Crippen LogP contribution >= 0.6 is 0 Å². The molecular formula is C10H14N6O. The van der Waals surface area contributed by atoms with Gasteiger partial charge >= 0.3 is 0 Å². The van der Waals surface area contributed by atoms with Gasteiger partial charge in [0.15, 0.2) is 17.0 Å². The van der Waals surface area contributed by atoms with Crippen LogP contribution < -0.4 is 11.3 Å². The molecule has 1 saturated carbocycles. The van der Waals surface area contributed by atoms with Gasteiger partial charge in [-0.3, -0.25) is 0 Å². The molecule has 1 fully saturated rings. The Labute approximate surface area is 97.7 Å². The second kappa shape index (κ2) is 3.94. The van der Waals surface area contributed by atoms with Crippen LogP contribution in [-0.4, -0.2) is 30.7 Å². The topological polar surface area (TPSA) is 102 Å². The molecule has 1 aliphatic rings. The van der Waals surface area contributed by atoms with Crippen LogP contribution in [0.3, 0.4) is 0 Å². The summed E-state index contributed by atoms with van der Waals surface area (Å²) in [5, 5.41) is 9.91. The van der Waals surface area contributed by atoms with E-state index in [1.807, 2.05) is 4.57 Å². The maximum atomic E-state index is 9.91. The molecule has 7 nitrogen and oxygen atoms in total. The van der Waals surface area contributed by atoms with E-state index in [9.17, 15) is 5.11 Å². The average Bonchev–Trinajstić information content (AvgIpc) is 2.94. The van der Waals surface area contributed by atoms with Gasteiger partial charge in [0.2, 0.25) is 0 Å². The van der Waals surface area contributed by atoms with Crippen molar-refractivity contribution in [3.63, 3.8) is 0 Å². The number of nitrogens with zero attached hydrogens (tertiary/aromatic N) is 4. The number of rotatable bonds is 2. The monoisotopic (exact) mass is 234 g/mol. The Hall–Kier alpha value is -1.73. The van der Waals surface area contributed by atoms with E-state index < -0.39 is 0 Å². The number of aliphatic hydroxyl groups is 1. The summed E-state index contributed by atoms with van der Waals surface area (Å²) in [5.41, 5.74) is 3.84. The molecule has 0 unspecified atom stereocenters. The minimum absolute atomic E-state index is 0.0560. The van der Waals surface area contributed by atoms with Crippen molar-refractivity contribution in [2.45, 2.75) is 31.4 Å². The lowest BCUT2D eigenvalue weighted by Gasteiger charge is -2.16. The van der Waals surface area contributed by atoms with E-state index >= 15 is 0 Å². The molecule has 7 heteroatoms. The Kier molecular flexibility index (Phi) is 2.41. The predicted octanol–water partition coefficient (Wildman–Crippen LogP) is 0.198. The van der Waals surface area contributed by atoms with Crippen molar-refractivity contribution in [2.75, 3.05) is 5.43 Å². The van der Waals surface area contributed by atoms with Crippen molar-refractivity contribution < 1.29 is 5.11 Å². The highest BCUT2D eigenvalue weighted by Gasteiger charge is 2.28. The van der Waals surface area contributed by atoms with Gasteiger partial charge in [-0.25, -0.2) is 20.8 Å². The standard InChI is InChI=1S/C10H14N6O/c11-15-9-8-10(13-4-12-9)16(5-14-8)6-2-1-3-7(6)17/h4-7,17H,1-3,11H2,(H,12,13,15)/t6-,7-/m0/s1. The van der Waals surface area contributed by atoms with Crippen molar-refractivity contribution in [1.29, 1.82) is 0 Å². The molecule has 4 N–H and O–H groups in total. The first-order valence-electron chi connectivity index (χ1n) is 5.63. The molecule has 0 spiro atoms. The molecular weight excluding hydrogens is 220 g/mol. The summed E-state index contributed by atoms with van der Waals surface area (Å²) in [6, 6.07) is 0.0560. The zero-order valence-corrected chi connectivity index (χ0v) is 9.24. The van der Waals surface area contributed by atoms with E-state index in [4.69, 9.17) is 5.84 Å². The number of nitrogens with two attached hydrogens (primary N) is 1. The summed E-state index contributed by atoms with van der Waals surface area (Å²) in [4.78, 5) is 12.5. The number of aromatic nitrogens is 4. The second-order valence-electron chi connectivity index (χ2n) is 4.26. The number of nitrogens with one attached hydrogen (secondary N) is 1. The molecule has 0 aliphatic heterocycles. The Morgan fingerprint density at radius 3 is 2.94 bits per heavy atom. The molecule has 1 aliphatic carbocycles. The lowest BCUT2D eigenvalue weighted by Crippen LogP contribution is -2.18. The molecule has 17 heavy (non-hydrogen) atoms. The Morgan fingerprint density at radius 1 is 1.35 bits per heavy atom. The normalized spacial score (nSPS) is 24.4. The maximum absolute atomic E-state index is 9.91. The number of hydrogen-bond acceptors (Lipinski definition) is 6. The number of imidazole rings is 1. The van der Waals surface area contributed by atoms with E-state index in [0.717, 1.165) is 19.3 Å². The van der Waals surface area contributed by atoms with Gasteiger partial charge in [0.25, 0.3) is 0 Å². The average molecular weight is 234 g/mol. The van der Waals surface area contributed by atoms with Crippen LogP contribution in [0.5, 0.6) is 0 Å². The molecule has 0 bridgehead atoms. The van der Waals surface area contributed by atoms with Crippen molar-refractivity contribution in [3.8, 4) is 0 Å². The molecule has 90 valence electrons. The highest BCUT2D eigenvalue weighted by atomic mass is 16.3. The lowest BCUT2D eigenvalue weighted by molar-refractivity contribution is 0.138. The third-order valence-electron chi connectivity index (χ3n) is 3.30. The van der Waals surface area contributed by atoms with Crippen LogP contribution in [0.15, 0.2) is 12.7 Å². The van der Waals surface area contributed by atoms with Gasteiger partial charge in [0.05, 0.1) is 18.5 Å².